The molecule has 1 aromatic carbocycles. The zero-order valence-corrected chi connectivity index (χ0v) is 14.3. The number of benzene rings is 1. The Morgan fingerprint density at radius 2 is 2.12 bits per heavy atom. The Hall–Kier alpha value is -2.45. The van der Waals surface area contributed by atoms with Gasteiger partial charge in [-0.3, -0.25) is 0 Å². The molecule has 0 fully saturated rings. The van der Waals surface area contributed by atoms with Crippen molar-refractivity contribution in [1.82, 2.24) is 20.1 Å². The highest BCUT2D eigenvalue weighted by Gasteiger charge is 2.14. The van der Waals surface area contributed by atoms with Crippen LogP contribution in [0.3, 0.4) is 0 Å². The summed E-state index contributed by atoms with van der Waals surface area (Å²) in [5.41, 5.74) is 0.808. The molecule has 0 atom stereocenters. The molecule has 0 aliphatic rings. The quantitative estimate of drug-likeness (QED) is 0.394. The van der Waals surface area contributed by atoms with Gasteiger partial charge in [0.25, 0.3) is 0 Å². The molecule has 0 unspecified atom stereocenters. The number of hydrogen-bond donors (Lipinski definition) is 0. The Morgan fingerprint density at radius 3 is 3.04 bits per heavy atom. The third-order valence-corrected chi connectivity index (χ3v) is 5.18. The monoisotopic (exact) mass is 356 g/mol. The molecule has 4 aromatic rings. The average Bonchev–Trinajstić information content (AvgIpc) is 3.29. The summed E-state index contributed by atoms with van der Waals surface area (Å²) in [5, 5.41) is 8.03. The highest BCUT2D eigenvalue weighted by molar-refractivity contribution is 7.98. The van der Waals surface area contributed by atoms with Crippen LogP contribution in [0.5, 0.6) is 5.75 Å². The molecule has 0 saturated heterocycles. The van der Waals surface area contributed by atoms with Crippen molar-refractivity contribution < 1.29 is 9.26 Å². The minimum atomic E-state index is 0.520. The fourth-order valence-corrected chi connectivity index (χ4v) is 3.88. The maximum absolute atomic E-state index is 5.36. The maximum Gasteiger partial charge on any atom is 0.237 e. The van der Waals surface area contributed by atoms with E-state index in [2.05, 4.69) is 20.1 Å². The van der Waals surface area contributed by atoms with Crippen LogP contribution in [-0.2, 0) is 5.75 Å². The summed E-state index contributed by atoms with van der Waals surface area (Å²) in [5.74, 6) is 2.33. The van der Waals surface area contributed by atoms with Gasteiger partial charge < -0.3 is 9.26 Å². The second-order valence-corrected chi connectivity index (χ2v) is 6.68. The van der Waals surface area contributed by atoms with Crippen molar-refractivity contribution in [3.63, 3.8) is 0 Å². The Bertz CT molecular complexity index is 983. The van der Waals surface area contributed by atoms with Crippen molar-refractivity contribution >= 4 is 33.3 Å². The first kappa shape index (κ1) is 15.1. The highest BCUT2D eigenvalue weighted by atomic mass is 32.2. The summed E-state index contributed by atoms with van der Waals surface area (Å²) in [7, 11) is 1.62. The number of nitrogens with zero attached hydrogens (tertiary/aromatic N) is 4. The molecule has 0 amide bonds. The van der Waals surface area contributed by atoms with Crippen molar-refractivity contribution in [2.45, 2.75) is 10.8 Å². The number of thioether (sulfide) groups is 1. The highest BCUT2D eigenvalue weighted by Crippen LogP contribution is 2.31. The van der Waals surface area contributed by atoms with Gasteiger partial charge in [-0.15, -0.1) is 11.3 Å². The minimum Gasteiger partial charge on any atom is -0.496 e. The third kappa shape index (κ3) is 2.85. The van der Waals surface area contributed by atoms with Crippen LogP contribution in [0.4, 0.5) is 0 Å². The van der Waals surface area contributed by atoms with Crippen LogP contribution in [0, 0.1) is 0 Å². The van der Waals surface area contributed by atoms with Crippen LogP contribution in [-0.4, -0.2) is 27.2 Å². The number of thiophene rings is 1. The van der Waals surface area contributed by atoms with Crippen LogP contribution < -0.4 is 4.74 Å². The minimum absolute atomic E-state index is 0.520. The number of hydrogen-bond acceptors (Lipinski definition) is 8. The Morgan fingerprint density at radius 1 is 1.21 bits per heavy atom. The van der Waals surface area contributed by atoms with Gasteiger partial charge in [-0.05, 0) is 23.6 Å². The Kier molecular flexibility index (Phi) is 4.14. The van der Waals surface area contributed by atoms with E-state index in [4.69, 9.17) is 9.26 Å². The first-order chi connectivity index (χ1) is 11.8. The van der Waals surface area contributed by atoms with Gasteiger partial charge in [-0.25, -0.2) is 9.97 Å². The fraction of sp³-hybridized carbons (Fsp3) is 0.125. The van der Waals surface area contributed by atoms with E-state index in [1.165, 1.54) is 0 Å². The summed E-state index contributed by atoms with van der Waals surface area (Å²) in [6.07, 6.45) is 1.58. The van der Waals surface area contributed by atoms with Gasteiger partial charge in [-0.1, -0.05) is 29.1 Å². The zero-order valence-electron chi connectivity index (χ0n) is 12.7. The predicted molar refractivity (Wildman–Crippen MR) is 93.3 cm³/mol. The smallest absolute Gasteiger partial charge is 0.237 e. The molecule has 0 bridgehead atoms. The lowest BCUT2D eigenvalue weighted by Gasteiger charge is -2.03. The second kappa shape index (κ2) is 6.58. The lowest BCUT2D eigenvalue weighted by molar-refractivity contribution is 0.390. The van der Waals surface area contributed by atoms with Crippen molar-refractivity contribution in [3.8, 4) is 17.1 Å². The predicted octanol–water partition coefficient (Wildman–Crippen LogP) is 4.04. The Labute approximate surface area is 145 Å². The molecule has 0 aliphatic carbocycles. The SMILES string of the molecule is COc1ccccc1-c1noc(CSc2ncnc3sccc23)n1. The standard InChI is InChI=1S/C16H12N4O2S2/c1-21-12-5-3-2-4-10(12)14-19-13(22-20-14)8-24-16-11-6-7-23-15(11)17-9-18-16/h2-7,9H,8H2,1H3. The van der Waals surface area contributed by atoms with Crippen molar-refractivity contribution in [3.05, 3.63) is 47.9 Å². The molecular formula is C16H12N4O2S2. The summed E-state index contributed by atoms with van der Waals surface area (Å²) in [6.45, 7) is 0. The van der Waals surface area contributed by atoms with Crippen LogP contribution in [0.25, 0.3) is 21.6 Å². The van der Waals surface area contributed by atoms with Gasteiger partial charge in [0.15, 0.2) is 0 Å². The van der Waals surface area contributed by atoms with Crippen LogP contribution >= 0.6 is 23.1 Å². The molecule has 3 aromatic heterocycles. The lowest BCUT2D eigenvalue weighted by atomic mass is 10.2. The van der Waals surface area contributed by atoms with Gasteiger partial charge >= 0.3 is 0 Å². The molecular weight excluding hydrogens is 344 g/mol. The van der Waals surface area contributed by atoms with Crippen LogP contribution in [0.15, 0.2) is 51.6 Å². The number of ether oxygens (including phenoxy) is 1. The van der Waals surface area contributed by atoms with Crippen molar-refractivity contribution in [1.29, 1.82) is 0 Å². The molecule has 0 spiro atoms. The number of aromatic nitrogens is 4. The summed E-state index contributed by atoms with van der Waals surface area (Å²) >= 11 is 3.15. The number of rotatable bonds is 5. The topological polar surface area (TPSA) is 73.9 Å². The van der Waals surface area contributed by atoms with E-state index < -0.39 is 0 Å². The normalized spacial score (nSPS) is 11.0. The van der Waals surface area contributed by atoms with Gasteiger partial charge in [-0.2, -0.15) is 4.98 Å². The van der Waals surface area contributed by atoms with E-state index in [1.807, 2.05) is 35.7 Å². The largest absolute Gasteiger partial charge is 0.496 e. The molecule has 3 heterocycles. The first-order valence-corrected chi connectivity index (χ1v) is 8.98. The summed E-state index contributed by atoms with van der Waals surface area (Å²) < 4.78 is 10.7. The molecule has 0 saturated carbocycles. The average molecular weight is 356 g/mol. The molecule has 0 N–H and O–H groups in total. The van der Waals surface area contributed by atoms with Gasteiger partial charge in [0.1, 0.15) is 21.9 Å². The molecule has 4 rings (SSSR count). The van der Waals surface area contributed by atoms with Gasteiger partial charge in [0.05, 0.1) is 18.4 Å². The first-order valence-electron chi connectivity index (χ1n) is 7.12. The summed E-state index contributed by atoms with van der Waals surface area (Å²) in [4.78, 5) is 14.0. The second-order valence-electron chi connectivity index (χ2n) is 4.82. The van der Waals surface area contributed by atoms with E-state index in [0.717, 1.165) is 20.8 Å². The molecule has 0 aliphatic heterocycles. The van der Waals surface area contributed by atoms with Crippen LogP contribution in [0.1, 0.15) is 5.89 Å². The molecule has 24 heavy (non-hydrogen) atoms. The summed E-state index contributed by atoms with van der Waals surface area (Å²) in [6, 6.07) is 9.61. The maximum atomic E-state index is 5.36. The van der Waals surface area contributed by atoms with Crippen molar-refractivity contribution in [2.75, 3.05) is 7.11 Å². The zero-order chi connectivity index (χ0) is 16.4. The van der Waals surface area contributed by atoms with Gasteiger partial charge in [0.2, 0.25) is 11.7 Å². The lowest BCUT2D eigenvalue weighted by Crippen LogP contribution is -1.89. The van der Waals surface area contributed by atoms with E-state index in [-0.39, 0.29) is 0 Å². The fourth-order valence-electron chi connectivity index (χ4n) is 2.26. The Balaban J connectivity index is 1.54. The van der Waals surface area contributed by atoms with E-state index in [1.54, 1.807) is 36.5 Å². The number of fused-ring (bicyclic) bond motifs is 1. The van der Waals surface area contributed by atoms with E-state index in [0.29, 0.717) is 23.2 Å². The third-order valence-electron chi connectivity index (χ3n) is 3.37. The van der Waals surface area contributed by atoms with Gasteiger partial charge in [0, 0.05) is 5.39 Å². The molecule has 120 valence electrons. The molecule has 6 nitrogen and oxygen atoms in total. The van der Waals surface area contributed by atoms with Crippen LogP contribution in [0.2, 0.25) is 0 Å². The van der Waals surface area contributed by atoms with E-state index >= 15 is 0 Å². The van der Waals surface area contributed by atoms with Crippen molar-refractivity contribution in [2.24, 2.45) is 0 Å². The number of para-hydroxylation sites is 1. The molecule has 0 radical (unpaired) electrons. The van der Waals surface area contributed by atoms with E-state index in [9.17, 15) is 0 Å². The molecule has 8 heteroatoms. The number of methoxy groups -OCH3 is 1.